The van der Waals surface area contributed by atoms with Crippen LogP contribution in [0.25, 0.3) is 0 Å². The highest BCUT2D eigenvalue weighted by atomic mass is 35.5. The Balaban J connectivity index is 1.49. The Kier molecular flexibility index (Phi) is 5.50. The van der Waals surface area contributed by atoms with Gasteiger partial charge in [-0.2, -0.15) is 0 Å². The molecule has 0 N–H and O–H groups in total. The van der Waals surface area contributed by atoms with Crippen LogP contribution in [0.4, 0.5) is 0 Å². The van der Waals surface area contributed by atoms with Crippen molar-refractivity contribution >= 4 is 17.5 Å². The second-order valence-electron chi connectivity index (χ2n) is 7.44. The van der Waals surface area contributed by atoms with E-state index in [9.17, 15) is 4.79 Å². The normalized spacial score (nSPS) is 24.7. The van der Waals surface area contributed by atoms with Crippen molar-refractivity contribution < 1.29 is 19.0 Å². The lowest BCUT2D eigenvalue weighted by molar-refractivity contribution is -0.146. The van der Waals surface area contributed by atoms with Gasteiger partial charge in [0.05, 0.1) is 18.6 Å². The molecule has 0 aromatic heterocycles. The van der Waals surface area contributed by atoms with Gasteiger partial charge in [0.15, 0.2) is 6.29 Å². The number of carbonyl (C=O) groups is 1. The molecule has 3 fully saturated rings. The van der Waals surface area contributed by atoms with E-state index < -0.39 is 5.41 Å². The highest BCUT2D eigenvalue weighted by Crippen LogP contribution is 2.38. The first-order chi connectivity index (χ1) is 12.7. The van der Waals surface area contributed by atoms with E-state index >= 15 is 0 Å². The number of rotatable bonds is 3. The van der Waals surface area contributed by atoms with Gasteiger partial charge in [0, 0.05) is 37.2 Å². The second-order valence-corrected chi connectivity index (χ2v) is 7.88. The summed E-state index contributed by atoms with van der Waals surface area (Å²) < 4.78 is 16.9. The molecule has 0 bridgehead atoms. The number of benzene rings is 1. The molecule has 1 amide bonds. The van der Waals surface area contributed by atoms with Crippen LogP contribution in [-0.2, 0) is 24.4 Å². The summed E-state index contributed by atoms with van der Waals surface area (Å²) in [5.74, 6) is 0.623. The standard InChI is InChI=1S/C20H26ClNO4/c21-17-3-1-16(2-4-17)20(7-11-24-12-8-20)19(23)22-9-5-15(6-10-22)18-25-13-14-26-18/h1-4,15,18H,5-14H2. The maximum atomic E-state index is 13.6. The molecule has 3 heterocycles. The molecule has 1 aromatic carbocycles. The van der Waals surface area contributed by atoms with Crippen molar-refractivity contribution in [3.8, 4) is 0 Å². The molecule has 0 atom stereocenters. The van der Waals surface area contributed by atoms with Crippen molar-refractivity contribution in [2.45, 2.75) is 37.4 Å². The van der Waals surface area contributed by atoms with Crippen molar-refractivity contribution in [3.63, 3.8) is 0 Å². The van der Waals surface area contributed by atoms with Crippen LogP contribution in [0.15, 0.2) is 24.3 Å². The van der Waals surface area contributed by atoms with Crippen LogP contribution < -0.4 is 0 Å². The Labute approximate surface area is 159 Å². The molecule has 26 heavy (non-hydrogen) atoms. The average Bonchev–Trinajstić information content (AvgIpc) is 3.23. The molecule has 4 rings (SSSR count). The van der Waals surface area contributed by atoms with Crippen LogP contribution in [0.1, 0.15) is 31.2 Å². The third kappa shape index (κ3) is 3.50. The average molecular weight is 380 g/mol. The van der Waals surface area contributed by atoms with E-state index in [0.29, 0.717) is 37.4 Å². The minimum Gasteiger partial charge on any atom is -0.381 e. The molecule has 3 aliphatic heterocycles. The van der Waals surface area contributed by atoms with Crippen molar-refractivity contribution in [1.29, 1.82) is 0 Å². The highest BCUT2D eigenvalue weighted by Gasteiger charge is 2.45. The van der Waals surface area contributed by atoms with Crippen molar-refractivity contribution in [3.05, 3.63) is 34.9 Å². The first kappa shape index (κ1) is 18.2. The second kappa shape index (κ2) is 7.85. The third-order valence-corrected chi connectivity index (χ3v) is 6.26. The quantitative estimate of drug-likeness (QED) is 0.810. The third-order valence-electron chi connectivity index (χ3n) is 6.01. The lowest BCUT2D eigenvalue weighted by atomic mass is 9.72. The lowest BCUT2D eigenvalue weighted by Gasteiger charge is -2.42. The van der Waals surface area contributed by atoms with Gasteiger partial charge in [-0.1, -0.05) is 23.7 Å². The first-order valence-corrected chi connectivity index (χ1v) is 9.93. The molecule has 142 valence electrons. The van der Waals surface area contributed by atoms with Gasteiger partial charge in [-0.25, -0.2) is 0 Å². The topological polar surface area (TPSA) is 48.0 Å². The summed E-state index contributed by atoms with van der Waals surface area (Å²) in [7, 11) is 0. The molecule has 0 unspecified atom stereocenters. The molecular weight excluding hydrogens is 354 g/mol. The van der Waals surface area contributed by atoms with E-state index in [1.165, 1.54) is 0 Å². The molecule has 0 saturated carbocycles. The molecule has 3 aliphatic rings. The van der Waals surface area contributed by atoms with Gasteiger partial charge < -0.3 is 19.1 Å². The van der Waals surface area contributed by atoms with Gasteiger partial charge in [-0.05, 0) is 43.4 Å². The summed E-state index contributed by atoms with van der Waals surface area (Å²) in [4.78, 5) is 15.6. The van der Waals surface area contributed by atoms with E-state index in [-0.39, 0.29) is 12.2 Å². The van der Waals surface area contributed by atoms with E-state index in [0.717, 1.165) is 44.3 Å². The van der Waals surface area contributed by atoms with Crippen LogP contribution in [0.5, 0.6) is 0 Å². The number of likely N-dealkylation sites (tertiary alicyclic amines) is 1. The molecule has 0 radical (unpaired) electrons. The zero-order chi connectivity index (χ0) is 18.0. The minimum absolute atomic E-state index is 0.0828. The molecule has 3 saturated heterocycles. The van der Waals surface area contributed by atoms with Gasteiger partial charge in [0.2, 0.25) is 5.91 Å². The number of ether oxygens (including phenoxy) is 3. The Bertz CT molecular complexity index is 615. The van der Waals surface area contributed by atoms with Gasteiger partial charge in [-0.3, -0.25) is 4.79 Å². The van der Waals surface area contributed by atoms with E-state index in [4.69, 9.17) is 25.8 Å². The first-order valence-electron chi connectivity index (χ1n) is 9.55. The Hall–Kier alpha value is -1.14. The summed E-state index contributed by atoms with van der Waals surface area (Å²) in [6.45, 7) is 4.14. The smallest absolute Gasteiger partial charge is 0.233 e. The van der Waals surface area contributed by atoms with Crippen LogP contribution in [0.2, 0.25) is 5.02 Å². The number of hydrogen-bond acceptors (Lipinski definition) is 4. The van der Waals surface area contributed by atoms with Gasteiger partial charge >= 0.3 is 0 Å². The fraction of sp³-hybridized carbons (Fsp3) is 0.650. The number of nitrogens with zero attached hydrogens (tertiary/aromatic N) is 1. The van der Waals surface area contributed by atoms with Crippen LogP contribution in [0.3, 0.4) is 0 Å². The maximum absolute atomic E-state index is 13.6. The summed E-state index contributed by atoms with van der Waals surface area (Å²) in [6, 6.07) is 7.75. The van der Waals surface area contributed by atoms with Crippen LogP contribution >= 0.6 is 11.6 Å². The van der Waals surface area contributed by atoms with Crippen LogP contribution in [0, 0.1) is 5.92 Å². The molecule has 6 heteroatoms. The largest absolute Gasteiger partial charge is 0.381 e. The molecule has 1 aromatic rings. The summed E-state index contributed by atoms with van der Waals surface area (Å²) in [5, 5.41) is 0.695. The maximum Gasteiger partial charge on any atom is 0.233 e. The monoisotopic (exact) mass is 379 g/mol. The highest BCUT2D eigenvalue weighted by molar-refractivity contribution is 6.30. The fourth-order valence-corrected chi connectivity index (χ4v) is 4.57. The summed E-state index contributed by atoms with van der Waals surface area (Å²) in [5.41, 5.74) is 0.565. The SMILES string of the molecule is O=C(N1CCC(C2OCCO2)CC1)C1(c2ccc(Cl)cc2)CCOCC1. The van der Waals surface area contributed by atoms with E-state index in [1.54, 1.807) is 0 Å². The predicted molar refractivity (Wildman–Crippen MR) is 98.2 cm³/mol. The molecule has 0 spiro atoms. The van der Waals surface area contributed by atoms with Gasteiger partial charge in [-0.15, -0.1) is 0 Å². The fourth-order valence-electron chi connectivity index (χ4n) is 4.44. The number of halogens is 1. The molecule has 5 nitrogen and oxygen atoms in total. The Morgan fingerprint density at radius 3 is 2.23 bits per heavy atom. The number of piperidine rings is 1. The number of hydrogen-bond donors (Lipinski definition) is 0. The van der Waals surface area contributed by atoms with Crippen molar-refractivity contribution in [2.75, 3.05) is 39.5 Å². The lowest BCUT2D eigenvalue weighted by Crippen LogP contribution is -2.52. The molecular formula is C20H26ClNO4. The predicted octanol–water partition coefficient (Wildman–Crippen LogP) is 3.00. The van der Waals surface area contributed by atoms with Crippen LogP contribution in [-0.4, -0.2) is 56.6 Å². The van der Waals surface area contributed by atoms with E-state index in [2.05, 4.69) is 0 Å². The van der Waals surface area contributed by atoms with Crippen molar-refractivity contribution in [2.24, 2.45) is 5.92 Å². The summed E-state index contributed by atoms with van der Waals surface area (Å²) >= 11 is 6.06. The van der Waals surface area contributed by atoms with E-state index in [1.807, 2.05) is 29.2 Å². The van der Waals surface area contributed by atoms with Gasteiger partial charge in [0.25, 0.3) is 0 Å². The zero-order valence-electron chi connectivity index (χ0n) is 15.0. The number of carbonyl (C=O) groups excluding carboxylic acids is 1. The molecule has 0 aliphatic carbocycles. The zero-order valence-corrected chi connectivity index (χ0v) is 15.7. The Morgan fingerprint density at radius 2 is 1.62 bits per heavy atom. The Morgan fingerprint density at radius 1 is 1.00 bits per heavy atom. The van der Waals surface area contributed by atoms with Gasteiger partial charge in [0.1, 0.15) is 0 Å². The minimum atomic E-state index is -0.490. The number of amides is 1. The summed E-state index contributed by atoms with van der Waals surface area (Å²) in [6.07, 6.45) is 3.23. The van der Waals surface area contributed by atoms with Crippen molar-refractivity contribution in [1.82, 2.24) is 4.90 Å².